The van der Waals surface area contributed by atoms with Gasteiger partial charge in [-0.1, -0.05) is 45.8 Å². The Labute approximate surface area is 105 Å². The predicted octanol–water partition coefficient (Wildman–Crippen LogP) is 4.58. The van der Waals surface area contributed by atoms with Crippen molar-refractivity contribution in [3.63, 3.8) is 0 Å². The van der Waals surface area contributed by atoms with Gasteiger partial charge in [0.05, 0.1) is 11.1 Å². The van der Waals surface area contributed by atoms with Crippen LogP contribution in [0, 0.1) is 13.8 Å². The summed E-state index contributed by atoms with van der Waals surface area (Å²) < 4.78 is 5.48. The molecule has 2 rings (SSSR count). The number of halogens is 1. The van der Waals surface area contributed by atoms with Crippen LogP contribution in [0.2, 0.25) is 0 Å². The standard InChI is InChI=1S/C14H15BrO/c1-10-4-3-5-12(8-10)9-13(15)14-11(2)6-7-16-14/h3-8,13H,9H2,1-2H3. The van der Waals surface area contributed by atoms with Crippen LogP contribution in [-0.4, -0.2) is 0 Å². The van der Waals surface area contributed by atoms with E-state index in [2.05, 4.69) is 54.0 Å². The summed E-state index contributed by atoms with van der Waals surface area (Å²) in [5.74, 6) is 1.03. The third-order valence-electron chi connectivity index (χ3n) is 2.68. The molecule has 0 fully saturated rings. The summed E-state index contributed by atoms with van der Waals surface area (Å²) in [6, 6.07) is 10.6. The zero-order valence-corrected chi connectivity index (χ0v) is 11.1. The number of hydrogen-bond acceptors (Lipinski definition) is 1. The van der Waals surface area contributed by atoms with E-state index in [1.165, 1.54) is 16.7 Å². The predicted molar refractivity (Wildman–Crippen MR) is 70.0 cm³/mol. The minimum Gasteiger partial charge on any atom is -0.468 e. The molecule has 0 aliphatic rings. The highest BCUT2D eigenvalue weighted by Gasteiger charge is 2.14. The third kappa shape index (κ3) is 2.56. The summed E-state index contributed by atoms with van der Waals surface area (Å²) >= 11 is 3.68. The molecule has 84 valence electrons. The normalized spacial score (nSPS) is 12.7. The average molecular weight is 279 g/mol. The van der Waals surface area contributed by atoms with Crippen LogP contribution in [0.25, 0.3) is 0 Å². The first-order valence-electron chi connectivity index (χ1n) is 5.40. The van der Waals surface area contributed by atoms with Gasteiger partial charge in [0.2, 0.25) is 0 Å². The van der Waals surface area contributed by atoms with Crippen LogP contribution in [-0.2, 0) is 6.42 Å². The summed E-state index contributed by atoms with van der Waals surface area (Å²) in [5.41, 5.74) is 3.83. The smallest absolute Gasteiger partial charge is 0.120 e. The second-order valence-corrected chi connectivity index (χ2v) is 5.23. The van der Waals surface area contributed by atoms with Gasteiger partial charge in [-0.15, -0.1) is 0 Å². The van der Waals surface area contributed by atoms with Gasteiger partial charge in [0, 0.05) is 0 Å². The molecule has 2 heteroatoms. The first kappa shape index (κ1) is 11.5. The lowest BCUT2D eigenvalue weighted by molar-refractivity contribution is 0.504. The van der Waals surface area contributed by atoms with E-state index < -0.39 is 0 Å². The molecule has 1 atom stereocenters. The Balaban J connectivity index is 2.14. The molecular formula is C14H15BrO. The van der Waals surface area contributed by atoms with Gasteiger partial charge in [0.1, 0.15) is 5.76 Å². The lowest BCUT2D eigenvalue weighted by Gasteiger charge is -2.08. The number of rotatable bonds is 3. The zero-order chi connectivity index (χ0) is 11.5. The van der Waals surface area contributed by atoms with E-state index in [4.69, 9.17) is 4.42 Å². The highest BCUT2D eigenvalue weighted by Crippen LogP contribution is 2.30. The van der Waals surface area contributed by atoms with E-state index in [1.54, 1.807) is 6.26 Å². The van der Waals surface area contributed by atoms with E-state index in [0.29, 0.717) is 0 Å². The van der Waals surface area contributed by atoms with Gasteiger partial charge in [0.25, 0.3) is 0 Å². The lowest BCUT2D eigenvalue weighted by atomic mass is 10.1. The van der Waals surface area contributed by atoms with Crippen molar-refractivity contribution in [2.45, 2.75) is 25.1 Å². The third-order valence-corrected chi connectivity index (χ3v) is 3.42. The van der Waals surface area contributed by atoms with Crippen molar-refractivity contribution in [1.82, 2.24) is 0 Å². The Morgan fingerprint density at radius 2 is 2.06 bits per heavy atom. The van der Waals surface area contributed by atoms with Crippen molar-refractivity contribution in [2.75, 3.05) is 0 Å². The topological polar surface area (TPSA) is 13.1 Å². The van der Waals surface area contributed by atoms with E-state index >= 15 is 0 Å². The van der Waals surface area contributed by atoms with Crippen molar-refractivity contribution in [3.8, 4) is 0 Å². The Kier molecular flexibility index (Phi) is 3.49. The Morgan fingerprint density at radius 3 is 2.69 bits per heavy atom. The molecule has 1 aromatic carbocycles. The van der Waals surface area contributed by atoms with Crippen LogP contribution in [0.5, 0.6) is 0 Å². The molecule has 16 heavy (non-hydrogen) atoms. The molecule has 0 bridgehead atoms. The van der Waals surface area contributed by atoms with E-state index in [9.17, 15) is 0 Å². The zero-order valence-electron chi connectivity index (χ0n) is 9.53. The summed E-state index contributed by atoms with van der Waals surface area (Å²) in [5, 5.41) is 0. The number of aryl methyl sites for hydroxylation is 2. The molecule has 1 heterocycles. The van der Waals surface area contributed by atoms with Crippen molar-refractivity contribution in [2.24, 2.45) is 0 Å². The van der Waals surface area contributed by atoms with Crippen LogP contribution in [0.3, 0.4) is 0 Å². The molecule has 0 aliphatic heterocycles. The summed E-state index contributed by atoms with van der Waals surface area (Å²) in [6.07, 6.45) is 2.70. The van der Waals surface area contributed by atoms with Gasteiger partial charge in [-0.05, 0) is 37.5 Å². The van der Waals surface area contributed by atoms with Crippen LogP contribution >= 0.6 is 15.9 Å². The molecular weight excluding hydrogens is 264 g/mol. The van der Waals surface area contributed by atoms with Crippen molar-refractivity contribution in [3.05, 3.63) is 59.0 Å². The summed E-state index contributed by atoms with van der Waals surface area (Å²) in [6.45, 7) is 4.19. The fraction of sp³-hybridized carbons (Fsp3) is 0.286. The molecule has 0 aliphatic carbocycles. The van der Waals surface area contributed by atoms with Crippen molar-refractivity contribution in [1.29, 1.82) is 0 Å². The minimum absolute atomic E-state index is 0.254. The summed E-state index contributed by atoms with van der Waals surface area (Å²) in [4.78, 5) is 0.254. The van der Waals surface area contributed by atoms with Crippen molar-refractivity contribution < 1.29 is 4.42 Å². The summed E-state index contributed by atoms with van der Waals surface area (Å²) in [7, 11) is 0. The second-order valence-electron chi connectivity index (χ2n) is 4.13. The molecule has 0 saturated heterocycles. The lowest BCUT2D eigenvalue weighted by Crippen LogP contribution is -1.95. The SMILES string of the molecule is Cc1cccc(CC(Br)c2occc2C)c1. The molecule has 2 aromatic rings. The fourth-order valence-corrected chi connectivity index (χ4v) is 2.69. The second kappa shape index (κ2) is 4.88. The molecule has 0 spiro atoms. The van der Waals surface area contributed by atoms with Crippen LogP contribution in [0.1, 0.15) is 27.3 Å². The van der Waals surface area contributed by atoms with Gasteiger partial charge in [-0.3, -0.25) is 0 Å². The molecule has 1 unspecified atom stereocenters. The maximum absolute atomic E-state index is 5.48. The van der Waals surface area contributed by atoms with Gasteiger partial charge in [0.15, 0.2) is 0 Å². The fourth-order valence-electron chi connectivity index (χ4n) is 1.84. The number of hydrogen-bond donors (Lipinski definition) is 0. The molecule has 0 N–H and O–H groups in total. The average Bonchev–Trinajstić information content (AvgIpc) is 2.64. The van der Waals surface area contributed by atoms with Crippen molar-refractivity contribution >= 4 is 15.9 Å². The van der Waals surface area contributed by atoms with Gasteiger partial charge in [-0.2, -0.15) is 0 Å². The number of furan rings is 1. The quantitative estimate of drug-likeness (QED) is 0.750. The van der Waals surface area contributed by atoms with Crippen LogP contribution in [0.15, 0.2) is 41.0 Å². The van der Waals surface area contributed by atoms with Crippen LogP contribution in [0.4, 0.5) is 0 Å². The maximum atomic E-state index is 5.48. The van der Waals surface area contributed by atoms with Crippen LogP contribution < -0.4 is 0 Å². The van der Waals surface area contributed by atoms with Gasteiger partial charge < -0.3 is 4.42 Å². The van der Waals surface area contributed by atoms with E-state index in [1.807, 2.05) is 6.07 Å². The number of benzene rings is 1. The molecule has 1 nitrogen and oxygen atoms in total. The van der Waals surface area contributed by atoms with E-state index in [-0.39, 0.29) is 4.83 Å². The first-order chi connectivity index (χ1) is 7.66. The molecule has 0 saturated carbocycles. The minimum atomic E-state index is 0.254. The Bertz CT molecular complexity index is 473. The molecule has 0 amide bonds. The first-order valence-corrected chi connectivity index (χ1v) is 6.32. The largest absolute Gasteiger partial charge is 0.468 e. The number of alkyl halides is 1. The highest BCUT2D eigenvalue weighted by molar-refractivity contribution is 9.09. The maximum Gasteiger partial charge on any atom is 0.120 e. The van der Waals surface area contributed by atoms with Gasteiger partial charge in [-0.25, -0.2) is 0 Å². The highest BCUT2D eigenvalue weighted by atomic mass is 79.9. The molecule has 0 radical (unpaired) electrons. The molecule has 1 aromatic heterocycles. The van der Waals surface area contributed by atoms with Gasteiger partial charge >= 0.3 is 0 Å². The van der Waals surface area contributed by atoms with E-state index in [0.717, 1.165) is 12.2 Å². The Morgan fingerprint density at radius 1 is 1.25 bits per heavy atom. The Hall–Kier alpha value is -1.02. The monoisotopic (exact) mass is 278 g/mol.